The maximum absolute atomic E-state index is 12.5. The first-order chi connectivity index (χ1) is 16.2. The van der Waals surface area contributed by atoms with Crippen molar-refractivity contribution < 1.29 is 42.8 Å². The Labute approximate surface area is 197 Å². The van der Waals surface area contributed by atoms with Crippen LogP contribution < -0.4 is 29.0 Å². The van der Waals surface area contributed by atoms with Crippen LogP contribution in [0.4, 0.5) is 5.69 Å². The van der Waals surface area contributed by atoms with Crippen LogP contribution in [0.2, 0.25) is 0 Å². The van der Waals surface area contributed by atoms with E-state index in [0.29, 0.717) is 28.5 Å². The van der Waals surface area contributed by atoms with Crippen molar-refractivity contribution in [3.05, 3.63) is 42.0 Å². The number of hydrogen-bond donors (Lipinski definition) is 1. The van der Waals surface area contributed by atoms with Gasteiger partial charge in [0, 0.05) is 36.9 Å². The molecule has 0 heterocycles. The predicted molar refractivity (Wildman–Crippen MR) is 124 cm³/mol. The molecule has 1 unspecified atom stereocenters. The summed E-state index contributed by atoms with van der Waals surface area (Å²) >= 11 is 0. The molecule has 0 aromatic heterocycles. The van der Waals surface area contributed by atoms with Crippen molar-refractivity contribution in [3.63, 3.8) is 0 Å². The third kappa shape index (κ3) is 6.89. The van der Waals surface area contributed by atoms with Crippen molar-refractivity contribution in [2.75, 3.05) is 33.8 Å². The summed E-state index contributed by atoms with van der Waals surface area (Å²) in [6.45, 7) is 2.57. The number of esters is 2. The van der Waals surface area contributed by atoms with Crippen molar-refractivity contribution in [2.45, 2.75) is 20.0 Å². The molecule has 0 saturated carbocycles. The summed E-state index contributed by atoms with van der Waals surface area (Å²) in [5, 5.41) is 2.67. The lowest BCUT2D eigenvalue weighted by Crippen LogP contribution is -2.27. The highest BCUT2D eigenvalue weighted by molar-refractivity contribution is 6.02. The highest BCUT2D eigenvalue weighted by Crippen LogP contribution is 2.35. The molecule has 2 aromatic rings. The van der Waals surface area contributed by atoms with Gasteiger partial charge >= 0.3 is 11.9 Å². The van der Waals surface area contributed by atoms with Gasteiger partial charge in [0.25, 0.3) is 0 Å². The summed E-state index contributed by atoms with van der Waals surface area (Å²) < 4.78 is 31.2. The van der Waals surface area contributed by atoms with Gasteiger partial charge in [-0.25, -0.2) is 4.79 Å². The van der Waals surface area contributed by atoms with Crippen LogP contribution in [0.15, 0.2) is 36.4 Å². The first-order valence-electron chi connectivity index (χ1n) is 10.1. The Morgan fingerprint density at radius 2 is 1.47 bits per heavy atom. The van der Waals surface area contributed by atoms with Crippen LogP contribution in [0, 0.1) is 0 Å². The molecule has 0 aliphatic rings. The van der Waals surface area contributed by atoms with Crippen LogP contribution in [0.5, 0.6) is 28.7 Å². The molecule has 0 radical (unpaired) electrons. The number of carbonyl (C=O) groups is 3. The minimum atomic E-state index is -1.11. The van der Waals surface area contributed by atoms with E-state index in [1.165, 1.54) is 66.6 Å². The Hall–Kier alpha value is -4.21. The number of hydrogen-bond acceptors (Lipinski definition) is 9. The molecule has 10 nitrogen and oxygen atoms in total. The third-order valence-corrected chi connectivity index (χ3v) is 4.47. The Kier molecular flexibility index (Phi) is 9.30. The zero-order valence-corrected chi connectivity index (χ0v) is 19.8. The van der Waals surface area contributed by atoms with E-state index in [1.807, 2.05) is 0 Å². The van der Waals surface area contributed by atoms with Crippen LogP contribution in [0.1, 0.15) is 19.4 Å². The molecule has 2 aromatic carbocycles. The number of amides is 1. The summed E-state index contributed by atoms with van der Waals surface area (Å²) in [6.07, 6.45) is 1.72. The second-order valence-electron chi connectivity index (χ2n) is 6.81. The van der Waals surface area contributed by atoms with E-state index in [2.05, 4.69) is 5.32 Å². The highest BCUT2D eigenvalue weighted by Gasteiger charge is 2.20. The molecule has 1 atom stereocenters. The standard InChI is InChI=1S/C24H27NO9/c1-14(33-15(2)26)24(28)34-22-11-16(7-9-19(22)30-4)25-23(27)10-8-18-20(31-5)12-17(29-3)13-21(18)32-6/h7-14H,1-6H3,(H,25,27). The summed E-state index contributed by atoms with van der Waals surface area (Å²) in [6, 6.07) is 7.85. The third-order valence-electron chi connectivity index (χ3n) is 4.47. The molecule has 0 spiro atoms. The van der Waals surface area contributed by atoms with Gasteiger partial charge in [0.1, 0.15) is 17.2 Å². The van der Waals surface area contributed by atoms with Crippen molar-refractivity contribution in [2.24, 2.45) is 0 Å². The molecular formula is C24H27NO9. The summed E-state index contributed by atoms with van der Waals surface area (Å²) in [5.41, 5.74) is 0.886. The lowest BCUT2D eigenvalue weighted by molar-refractivity contribution is -0.159. The SMILES string of the molecule is COc1cc(OC)c(C=CC(=O)Nc2ccc(OC)c(OC(=O)C(C)OC(C)=O)c2)c(OC)c1. The molecule has 0 aliphatic carbocycles. The number of benzene rings is 2. The second kappa shape index (κ2) is 12.1. The molecular weight excluding hydrogens is 446 g/mol. The monoisotopic (exact) mass is 473 g/mol. The van der Waals surface area contributed by atoms with Crippen LogP contribution in [0.25, 0.3) is 6.08 Å². The first-order valence-corrected chi connectivity index (χ1v) is 10.1. The number of methoxy groups -OCH3 is 4. The minimum absolute atomic E-state index is 0.0479. The first kappa shape index (κ1) is 26.0. The van der Waals surface area contributed by atoms with Gasteiger partial charge in [-0.2, -0.15) is 0 Å². The molecule has 0 bridgehead atoms. The maximum Gasteiger partial charge on any atom is 0.352 e. The van der Waals surface area contributed by atoms with Gasteiger partial charge in [-0.1, -0.05) is 0 Å². The highest BCUT2D eigenvalue weighted by atomic mass is 16.6. The van der Waals surface area contributed by atoms with Crippen LogP contribution >= 0.6 is 0 Å². The van der Waals surface area contributed by atoms with E-state index in [1.54, 1.807) is 18.2 Å². The fourth-order valence-electron chi connectivity index (χ4n) is 2.86. The van der Waals surface area contributed by atoms with E-state index in [-0.39, 0.29) is 11.5 Å². The Bertz CT molecular complexity index is 1050. The molecule has 0 fully saturated rings. The Morgan fingerprint density at radius 3 is 2.00 bits per heavy atom. The normalized spacial score (nSPS) is 11.4. The van der Waals surface area contributed by atoms with Crippen molar-refractivity contribution in [1.82, 2.24) is 0 Å². The molecule has 2 rings (SSSR count). The Morgan fingerprint density at radius 1 is 0.853 bits per heavy atom. The van der Waals surface area contributed by atoms with Crippen LogP contribution in [0.3, 0.4) is 0 Å². The van der Waals surface area contributed by atoms with E-state index in [9.17, 15) is 14.4 Å². The number of ether oxygens (including phenoxy) is 6. The fourth-order valence-corrected chi connectivity index (χ4v) is 2.86. The van der Waals surface area contributed by atoms with Crippen molar-refractivity contribution in [1.29, 1.82) is 0 Å². The van der Waals surface area contributed by atoms with Gasteiger partial charge in [0.2, 0.25) is 5.91 Å². The average Bonchev–Trinajstić information content (AvgIpc) is 2.81. The topological polar surface area (TPSA) is 119 Å². The van der Waals surface area contributed by atoms with Crippen molar-refractivity contribution >= 4 is 29.6 Å². The molecule has 1 N–H and O–H groups in total. The average molecular weight is 473 g/mol. The van der Waals surface area contributed by atoms with E-state index in [0.717, 1.165) is 0 Å². The van der Waals surface area contributed by atoms with Crippen LogP contribution in [-0.2, 0) is 19.1 Å². The summed E-state index contributed by atoms with van der Waals surface area (Å²) in [5.74, 6) is -0.114. The summed E-state index contributed by atoms with van der Waals surface area (Å²) in [7, 11) is 5.91. The molecule has 0 saturated heterocycles. The second-order valence-corrected chi connectivity index (χ2v) is 6.81. The molecule has 34 heavy (non-hydrogen) atoms. The van der Waals surface area contributed by atoms with Gasteiger partial charge in [-0.05, 0) is 25.1 Å². The summed E-state index contributed by atoms with van der Waals surface area (Å²) in [4.78, 5) is 35.8. The lowest BCUT2D eigenvalue weighted by atomic mass is 10.1. The van der Waals surface area contributed by atoms with E-state index in [4.69, 9.17) is 28.4 Å². The molecule has 0 aliphatic heterocycles. The van der Waals surface area contributed by atoms with Gasteiger partial charge in [-0.3, -0.25) is 9.59 Å². The maximum atomic E-state index is 12.5. The number of nitrogens with one attached hydrogen (secondary N) is 1. The van der Waals surface area contributed by atoms with Gasteiger partial charge < -0.3 is 33.7 Å². The number of anilines is 1. The van der Waals surface area contributed by atoms with Crippen molar-refractivity contribution in [3.8, 4) is 28.7 Å². The zero-order valence-electron chi connectivity index (χ0n) is 19.8. The Balaban J connectivity index is 2.21. The number of rotatable bonds is 10. The minimum Gasteiger partial charge on any atom is -0.496 e. The van der Waals surface area contributed by atoms with Gasteiger partial charge in [-0.15, -0.1) is 0 Å². The predicted octanol–water partition coefficient (Wildman–Crippen LogP) is 3.23. The van der Waals surface area contributed by atoms with Crippen LogP contribution in [-0.4, -0.2) is 52.4 Å². The fraction of sp³-hybridized carbons (Fsp3) is 0.292. The molecule has 182 valence electrons. The smallest absolute Gasteiger partial charge is 0.352 e. The number of carbonyl (C=O) groups excluding carboxylic acids is 3. The lowest BCUT2D eigenvalue weighted by Gasteiger charge is -2.14. The zero-order chi connectivity index (χ0) is 25.3. The van der Waals surface area contributed by atoms with Gasteiger partial charge in [0.15, 0.2) is 17.6 Å². The van der Waals surface area contributed by atoms with E-state index < -0.39 is 23.9 Å². The quantitative estimate of drug-likeness (QED) is 0.315. The largest absolute Gasteiger partial charge is 0.496 e. The molecule has 10 heteroatoms. The van der Waals surface area contributed by atoms with Gasteiger partial charge in [0.05, 0.1) is 34.0 Å². The van der Waals surface area contributed by atoms with E-state index >= 15 is 0 Å². The molecule has 1 amide bonds.